The zero-order valence-electron chi connectivity index (χ0n) is 15.6. The Balaban J connectivity index is 1.52. The topological polar surface area (TPSA) is 76.2 Å². The summed E-state index contributed by atoms with van der Waals surface area (Å²) in [6.07, 6.45) is -3.86. The molecule has 3 aliphatic rings. The van der Waals surface area contributed by atoms with Gasteiger partial charge in [-0.1, -0.05) is 6.07 Å². The highest BCUT2D eigenvalue weighted by Crippen LogP contribution is 2.34. The van der Waals surface area contributed by atoms with E-state index in [0.717, 1.165) is 5.56 Å². The predicted octanol–water partition coefficient (Wildman–Crippen LogP) is 1.66. The van der Waals surface area contributed by atoms with E-state index >= 15 is 0 Å². The highest BCUT2D eigenvalue weighted by Gasteiger charge is 2.44. The molecule has 0 saturated carbocycles. The van der Waals surface area contributed by atoms with Crippen molar-refractivity contribution in [3.05, 3.63) is 29.3 Å². The molecule has 0 unspecified atom stereocenters. The van der Waals surface area contributed by atoms with E-state index in [0.29, 0.717) is 36.5 Å². The number of fused-ring (bicyclic) bond motifs is 1. The van der Waals surface area contributed by atoms with Crippen LogP contribution in [0.15, 0.2) is 23.1 Å². The molecule has 0 N–H and O–H groups in total. The van der Waals surface area contributed by atoms with Crippen molar-refractivity contribution in [3.8, 4) is 0 Å². The number of alkyl halides is 3. The summed E-state index contributed by atoms with van der Waals surface area (Å²) in [6.45, 7) is 1.14. The van der Waals surface area contributed by atoms with Gasteiger partial charge in [-0.3, -0.25) is 4.79 Å². The van der Waals surface area contributed by atoms with Crippen molar-refractivity contribution in [1.29, 1.82) is 0 Å². The fourth-order valence-electron chi connectivity index (χ4n) is 4.05. The minimum atomic E-state index is -4.95. The van der Waals surface area contributed by atoms with Crippen molar-refractivity contribution in [1.82, 2.24) is 9.21 Å². The van der Waals surface area contributed by atoms with E-state index < -0.39 is 27.9 Å². The van der Waals surface area contributed by atoms with Gasteiger partial charge in [0.05, 0.1) is 18.1 Å². The monoisotopic (exact) mass is 434 g/mol. The Morgan fingerprint density at radius 3 is 2.31 bits per heavy atom. The van der Waals surface area contributed by atoms with Crippen LogP contribution in [-0.2, 0) is 37.3 Å². The Kier molecular flexibility index (Phi) is 5.12. The van der Waals surface area contributed by atoms with Crippen LogP contribution in [0.5, 0.6) is 0 Å². The first-order valence-electron chi connectivity index (χ1n) is 9.37. The van der Waals surface area contributed by atoms with Gasteiger partial charge in [-0.25, -0.2) is 8.42 Å². The molecule has 0 aliphatic carbocycles. The Bertz CT molecular complexity index is 903. The summed E-state index contributed by atoms with van der Waals surface area (Å²) in [4.78, 5) is 12.3. The fraction of sp³-hybridized carbons (Fsp3) is 0.611. The first-order valence-corrected chi connectivity index (χ1v) is 10.8. The Labute approximate surface area is 166 Å². The number of ether oxygens (including phenoxy) is 2. The highest BCUT2D eigenvalue weighted by atomic mass is 32.2. The van der Waals surface area contributed by atoms with E-state index in [9.17, 15) is 26.4 Å². The predicted molar refractivity (Wildman–Crippen MR) is 94.2 cm³/mol. The van der Waals surface area contributed by atoms with Gasteiger partial charge in [0.25, 0.3) is 0 Å². The quantitative estimate of drug-likeness (QED) is 0.708. The van der Waals surface area contributed by atoms with Gasteiger partial charge >= 0.3 is 12.1 Å². The zero-order chi connectivity index (χ0) is 20.9. The molecule has 1 spiro atoms. The third-order valence-corrected chi connectivity index (χ3v) is 7.55. The molecule has 0 aromatic heterocycles. The van der Waals surface area contributed by atoms with Gasteiger partial charge in [0, 0.05) is 39.0 Å². The third-order valence-electron chi connectivity index (χ3n) is 5.66. The van der Waals surface area contributed by atoms with Gasteiger partial charge in [-0.15, -0.1) is 0 Å². The lowest BCUT2D eigenvalue weighted by Gasteiger charge is -2.37. The van der Waals surface area contributed by atoms with Crippen molar-refractivity contribution in [2.45, 2.75) is 42.7 Å². The van der Waals surface area contributed by atoms with E-state index in [1.165, 1.54) is 16.4 Å². The van der Waals surface area contributed by atoms with Crippen LogP contribution in [0, 0.1) is 0 Å². The number of nitrogens with zero attached hydrogens (tertiary/aromatic N) is 2. The maximum Gasteiger partial charge on any atom is 0.471 e. The first-order chi connectivity index (χ1) is 13.6. The first kappa shape index (κ1) is 20.6. The number of carbonyl (C=O) groups is 1. The molecule has 3 heterocycles. The van der Waals surface area contributed by atoms with Crippen LogP contribution in [0.3, 0.4) is 0 Å². The molecular weight excluding hydrogens is 413 g/mol. The number of carbonyl (C=O) groups excluding carboxylic acids is 1. The van der Waals surface area contributed by atoms with E-state index in [2.05, 4.69) is 0 Å². The van der Waals surface area contributed by atoms with E-state index in [1.807, 2.05) is 0 Å². The largest absolute Gasteiger partial charge is 0.471 e. The minimum absolute atomic E-state index is 0.0155. The lowest BCUT2D eigenvalue weighted by atomic mass is 10.00. The molecule has 11 heteroatoms. The normalized spacial score (nSPS) is 22.7. The molecule has 1 amide bonds. The highest BCUT2D eigenvalue weighted by molar-refractivity contribution is 7.89. The van der Waals surface area contributed by atoms with Crippen LogP contribution in [0.2, 0.25) is 0 Å². The number of hydrogen-bond acceptors (Lipinski definition) is 5. The summed E-state index contributed by atoms with van der Waals surface area (Å²) in [5, 5.41) is 0. The van der Waals surface area contributed by atoms with Gasteiger partial charge in [-0.2, -0.15) is 17.5 Å². The zero-order valence-corrected chi connectivity index (χ0v) is 16.4. The van der Waals surface area contributed by atoms with Crippen LogP contribution in [0.25, 0.3) is 0 Å². The molecule has 29 heavy (non-hydrogen) atoms. The van der Waals surface area contributed by atoms with Gasteiger partial charge in [0.2, 0.25) is 10.0 Å². The molecule has 0 radical (unpaired) electrons. The fourth-order valence-corrected chi connectivity index (χ4v) is 5.54. The summed E-state index contributed by atoms with van der Waals surface area (Å²) in [5.41, 5.74) is 1.17. The average Bonchev–Trinajstić information content (AvgIpc) is 3.14. The summed E-state index contributed by atoms with van der Waals surface area (Å²) in [6, 6.07) is 4.47. The number of amides is 1. The number of sulfonamides is 1. The lowest BCUT2D eigenvalue weighted by Crippen LogP contribution is -2.47. The van der Waals surface area contributed by atoms with Crippen molar-refractivity contribution in [2.75, 3.05) is 32.8 Å². The second-order valence-electron chi connectivity index (χ2n) is 7.42. The standard InChI is InChI=1S/C18H21F3N2O5S/c19-18(20,21)16(24)22-6-3-13-1-2-15(11-14(13)12-22)29(25,26)23-7-4-17(5-8-23)27-9-10-28-17/h1-2,11H,3-10,12H2. The number of halogens is 3. The molecule has 0 atom stereocenters. The SMILES string of the molecule is O=C(N1CCc2ccc(S(=O)(=O)N3CCC4(CC3)OCCO4)cc2C1)C(F)(F)F. The van der Waals surface area contributed by atoms with Crippen LogP contribution in [0.4, 0.5) is 13.2 Å². The Hall–Kier alpha value is -1.69. The molecule has 3 aliphatic heterocycles. The molecule has 2 fully saturated rings. The molecule has 1 aromatic carbocycles. The van der Waals surface area contributed by atoms with Crippen LogP contribution in [-0.4, -0.2) is 68.3 Å². The summed E-state index contributed by atoms with van der Waals surface area (Å²) in [5.74, 6) is -2.62. The number of piperidine rings is 1. The molecule has 7 nitrogen and oxygen atoms in total. The summed E-state index contributed by atoms with van der Waals surface area (Å²) in [7, 11) is -3.81. The molecule has 1 aromatic rings. The molecule has 160 valence electrons. The van der Waals surface area contributed by atoms with Crippen LogP contribution in [0.1, 0.15) is 24.0 Å². The van der Waals surface area contributed by atoms with E-state index in [1.54, 1.807) is 6.07 Å². The Morgan fingerprint density at radius 1 is 1.03 bits per heavy atom. The maximum atomic E-state index is 13.0. The average molecular weight is 434 g/mol. The second-order valence-corrected chi connectivity index (χ2v) is 9.35. The number of benzene rings is 1. The van der Waals surface area contributed by atoms with Gasteiger partial charge < -0.3 is 14.4 Å². The summed E-state index contributed by atoms with van der Waals surface area (Å²) < 4.78 is 76.8. The van der Waals surface area contributed by atoms with Crippen LogP contribution >= 0.6 is 0 Å². The van der Waals surface area contributed by atoms with Crippen molar-refractivity contribution >= 4 is 15.9 Å². The molecule has 4 rings (SSSR count). The van der Waals surface area contributed by atoms with Crippen LogP contribution < -0.4 is 0 Å². The van der Waals surface area contributed by atoms with Crippen molar-refractivity contribution in [2.24, 2.45) is 0 Å². The molecular formula is C18H21F3N2O5S. The number of hydrogen-bond donors (Lipinski definition) is 0. The number of rotatable bonds is 2. The van der Waals surface area contributed by atoms with Gasteiger partial charge in [0.1, 0.15) is 0 Å². The molecule has 2 saturated heterocycles. The lowest BCUT2D eigenvalue weighted by molar-refractivity contribution is -0.186. The maximum absolute atomic E-state index is 13.0. The second kappa shape index (κ2) is 7.22. The Morgan fingerprint density at radius 2 is 1.69 bits per heavy atom. The van der Waals surface area contributed by atoms with Gasteiger partial charge in [0.15, 0.2) is 5.79 Å². The van der Waals surface area contributed by atoms with E-state index in [4.69, 9.17) is 9.47 Å². The van der Waals surface area contributed by atoms with Gasteiger partial charge in [-0.05, 0) is 29.7 Å². The smallest absolute Gasteiger partial charge is 0.347 e. The molecule has 0 bridgehead atoms. The van der Waals surface area contributed by atoms with E-state index in [-0.39, 0.29) is 37.5 Å². The van der Waals surface area contributed by atoms with Crippen molar-refractivity contribution in [3.63, 3.8) is 0 Å². The summed E-state index contributed by atoms with van der Waals surface area (Å²) >= 11 is 0. The van der Waals surface area contributed by atoms with Crippen molar-refractivity contribution < 1.29 is 35.9 Å². The third kappa shape index (κ3) is 3.88. The minimum Gasteiger partial charge on any atom is -0.347 e.